The van der Waals surface area contributed by atoms with Crippen molar-refractivity contribution in [3.8, 4) is 0 Å². The summed E-state index contributed by atoms with van der Waals surface area (Å²) in [5, 5.41) is 2.57. The lowest BCUT2D eigenvalue weighted by Gasteiger charge is -2.32. The van der Waals surface area contributed by atoms with Crippen molar-refractivity contribution in [1.82, 2.24) is 4.98 Å². The molecule has 0 aliphatic carbocycles. The van der Waals surface area contributed by atoms with Gasteiger partial charge < -0.3 is 21.7 Å². The normalized spacial score (nSPS) is 15.5. The van der Waals surface area contributed by atoms with Gasteiger partial charge in [-0.3, -0.25) is 4.79 Å². The number of pyridine rings is 1. The molecule has 0 saturated carbocycles. The number of hydrogen-bond acceptors (Lipinski definition) is 4. The predicted molar refractivity (Wildman–Crippen MR) is 104 cm³/mol. The molecule has 0 spiro atoms. The van der Waals surface area contributed by atoms with Crippen LogP contribution in [0.25, 0.3) is 0 Å². The van der Waals surface area contributed by atoms with E-state index in [0.717, 1.165) is 29.6 Å². The first-order valence-electron chi connectivity index (χ1n) is 8.94. The molecule has 2 aromatic rings. The highest BCUT2D eigenvalue weighted by molar-refractivity contribution is 5.92. The number of rotatable bonds is 5. The highest BCUT2D eigenvalue weighted by Gasteiger charge is 2.24. The zero-order valence-electron chi connectivity index (χ0n) is 15.2. The number of amides is 1. The smallest absolute Gasteiger partial charge is 0.220 e. The van der Waals surface area contributed by atoms with Crippen molar-refractivity contribution in [3.05, 3.63) is 53.7 Å². The second kappa shape index (κ2) is 8.64. The number of aliphatic imine (C=N–C) groups is 1. The van der Waals surface area contributed by atoms with E-state index >= 15 is 0 Å². The number of anilines is 2. The first-order valence-corrected chi connectivity index (χ1v) is 8.94. The van der Waals surface area contributed by atoms with Crippen LogP contribution in [0, 0.1) is 17.6 Å². The third kappa shape index (κ3) is 4.73. The van der Waals surface area contributed by atoms with Gasteiger partial charge in [-0.15, -0.1) is 0 Å². The Morgan fingerprint density at radius 1 is 1.25 bits per heavy atom. The number of carbonyl (C=O) groups excluding carboxylic acids is 1. The fraction of sp³-hybridized carbons (Fsp3) is 0.316. The van der Waals surface area contributed by atoms with Gasteiger partial charge in [-0.2, -0.15) is 0 Å². The summed E-state index contributed by atoms with van der Waals surface area (Å²) in [6, 6.07) is 6.72. The van der Waals surface area contributed by atoms with Crippen molar-refractivity contribution in [2.24, 2.45) is 22.4 Å². The molecule has 28 heavy (non-hydrogen) atoms. The summed E-state index contributed by atoms with van der Waals surface area (Å²) < 4.78 is 27.0. The summed E-state index contributed by atoms with van der Waals surface area (Å²) in [5.41, 5.74) is 12.0. The minimum Gasteiger partial charge on any atom is -0.370 e. The van der Waals surface area contributed by atoms with Crippen LogP contribution in [0.2, 0.25) is 0 Å². The Bertz CT molecular complexity index is 880. The molecule has 9 heteroatoms. The van der Waals surface area contributed by atoms with E-state index in [1.54, 1.807) is 12.3 Å². The van der Waals surface area contributed by atoms with Crippen LogP contribution in [0.15, 0.2) is 41.5 Å². The number of aromatic nitrogens is 1. The van der Waals surface area contributed by atoms with Crippen molar-refractivity contribution >= 4 is 23.4 Å². The summed E-state index contributed by atoms with van der Waals surface area (Å²) in [6.45, 7) is 1.56. The average Bonchev–Trinajstić information content (AvgIpc) is 2.69. The van der Waals surface area contributed by atoms with Gasteiger partial charge >= 0.3 is 0 Å². The number of halogens is 2. The number of guanidine groups is 1. The van der Waals surface area contributed by atoms with Gasteiger partial charge in [0.05, 0.1) is 12.2 Å². The van der Waals surface area contributed by atoms with Crippen LogP contribution in [-0.2, 0) is 11.3 Å². The van der Waals surface area contributed by atoms with E-state index < -0.39 is 11.6 Å². The molecule has 0 atom stereocenters. The summed E-state index contributed by atoms with van der Waals surface area (Å²) in [6.07, 6.45) is 3.04. The summed E-state index contributed by atoms with van der Waals surface area (Å²) in [7, 11) is 0. The lowest BCUT2D eigenvalue weighted by molar-refractivity contribution is -0.122. The Balaban J connectivity index is 1.69. The molecule has 1 aliphatic rings. The largest absolute Gasteiger partial charge is 0.370 e. The zero-order chi connectivity index (χ0) is 20.1. The topological polar surface area (TPSA) is 110 Å². The number of nitrogens with two attached hydrogens (primary N) is 2. The van der Waals surface area contributed by atoms with Gasteiger partial charge in [0.2, 0.25) is 5.91 Å². The Kier molecular flexibility index (Phi) is 6.03. The monoisotopic (exact) mass is 388 g/mol. The Hall–Kier alpha value is -3.23. The SMILES string of the molecule is NC(=O)C1CCN(c2ncccc2CN=C(N)Nc2cc(F)ccc2F)CC1. The van der Waals surface area contributed by atoms with E-state index in [-0.39, 0.29) is 30.0 Å². The second-order valence-electron chi connectivity index (χ2n) is 6.60. The molecule has 1 aliphatic heterocycles. The fourth-order valence-electron chi connectivity index (χ4n) is 3.16. The lowest BCUT2D eigenvalue weighted by atomic mass is 9.96. The molecule has 0 bridgehead atoms. The van der Waals surface area contributed by atoms with Crippen molar-refractivity contribution in [2.45, 2.75) is 19.4 Å². The van der Waals surface area contributed by atoms with E-state index in [1.807, 2.05) is 6.07 Å². The van der Waals surface area contributed by atoms with Crippen LogP contribution < -0.4 is 21.7 Å². The van der Waals surface area contributed by atoms with Crippen LogP contribution in [0.4, 0.5) is 20.3 Å². The molecule has 1 aromatic carbocycles. The molecular formula is C19H22F2N6O. The van der Waals surface area contributed by atoms with Crippen LogP contribution in [0.5, 0.6) is 0 Å². The standard InChI is InChI=1S/C19H22F2N6O/c20-14-3-4-15(21)16(10-14)26-19(23)25-11-13-2-1-7-24-18(13)27-8-5-12(6-9-27)17(22)28/h1-4,7,10,12H,5-6,8-9,11H2,(H2,22,28)(H3,23,25,26). The molecule has 7 nitrogen and oxygen atoms in total. The van der Waals surface area contributed by atoms with Gasteiger partial charge in [0.15, 0.2) is 5.96 Å². The number of benzene rings is 1. The first-order chi connectivity index (χ1) is 13.4. The van der Waals surface area contributed by atoms with Crippen molar-refractivity contribution in [1.29, 1.82) is 0 Å². The maximum Gasteiger partial charge on any atom is 0.220 e. The maximum absolute atomic E-state index is 13.7. The molecule has 1 amide bonds. The van der Waals surface area contributed by atoms with Gasteiger partial charge in [0.1, 0.15) is 17.5 Å². The summed E-state index contributed by atoms with van der Waals surface area (Å²) in [5.74, 6) is -0.855. The van der Waals surface area contributed by atoms with Gasteiger partial charge in [0, 0.05) is 36.8 Å². The third-order valence-electron chi connectivity index (χ3n) is 4.68. The van der Waals surface area contributed by atoms with E-state index in [0.29, 0.717) is 25.9 Å². The number of primary amides is 1. The van der Waals surface area contributed by atoms with Crippen LogP contribution in [0.1, 0.15) is 18.4 Å². The fourth-order valence-corrected chi connectivity index (χ4v) is 3.16. The van der Waals surface area contributed by atoms with Crippen molar-refractivity contribution < 1.29 is 13.6 Å². The Morgan fingerprint density at radius 2 is 2.00 bits per heavy atom. The molecule has 1 saturated heterocycles. The van der Waals surface area contributed by atoms with Gasteiger partial charge in [-0.25, -0.2) is 18.8 Å². The molecule has 2 heterocycles. The minimum atomic E-state index is -0.626. The van der Waals surface area contributed by atoms with Crippen LogP contribution >= 0.6 is 0 Å². The van der Waals surface area contributed by atoms with E-state index in [1.165, 1.54) is 0 Å². The third-order valence-corrected chi connectivity index (χ3v) is 4.68. The highest BCUT2D eigenvalue weighted by Crippen LogP contribution is 2.25. The van der Waals surface area contributed by atoms with E-state index in [2.05, 4.69) is 20.2 Å². The average molecular weight is 388 g/mol. The summed E-state index contributed by atoms with van der Waals surface area (Å²) >= 11 is 0. The molecular weight excluding hydrogens is 366 g/mol. The predicted octanol–water partition coefficient (Wildman–Crippen LogP) is 1.99. The maximum atomic E-state index is 13.7. The van der Waals surface area contributed by atoms with Gasteiger partial charge in [0.25, 0.3) is 0 Å². The van der Waals surface area contributed by atoms with Crippen LogP contribution in [0.3, 0.4) is 0 Å². The zero-order valence-corrected chi connectivity index (χ0v) is 15.2. The molecule has 1 aromatic heterocycles. The van der Waals surface area contributed by atoms with Crippen LogP contribution in [-0.4, -0.2) is 29.9 Å². The quantitative estimate of drug-likeness (QED) is 0.536. The van der Waals surface area contributed by atoms with Crippen molar-refractivity contribution in [3.63, 3.8) is 0 Å². The van der Waals surface area contributed by atoms with E-state index in [4.69, 9.17) is 11.5 Å². The molecule has 5 N–H and O–H groups in total. The Morgan fingerprint density at radius 3 is 2.71 bits per heavy atom. The molecule has 148 valence electrons. The molecule has 0 unspecified atom stereocenters. The first kappa shape index (κ1) is 19.5. The number of piperidine rings is 1. The number of nitrogens with one attached hydrogen (secondary N) is 1. The molecule has 1 fully saturated rings. The Labute approximate surface area is 161 Å². The number of carbonyl (C=O) groups is 1. The highest BCUT2D eigenvalue weighted by atomic mass is 19.1. The second-order valence-corrected chi connectivity index (χ2v) is 6.60. The van der Waals surface area contributed by atoms with Gasteiger partial charge in [-0.1, -0.05) is 6.07 Å². The van der Waals surface area contributed by atoms with Gasteiger partial charge in [-0.05, 0) is 31.0 Å². The molecule has 3 rings (SSSR count). The lowest BCUT2D eigenvalue weighted by Crippen LogP contribution is -2.39. The number of hydrogen-bond donors (Lipinski definition) is 3. The van der Waals surface area contributed by atoms with Crippen molar-refractivity contribution in [2.75, 3.05) is 23.3 Å². The minimum absolute atomic E-state index is 0.0354. The van der Waals surface area contributed by atoms with E-state index in [9.17, 15) is 13.6 Å². The molecule has 0 radical (unpaired) electrons. The number of nitrogens with zero attached hydrogens (tertiary/aromatic N) is 3. The summed E-state index contributed by atoms with van der Waals surface area (Å²) in [4.78, 5) is 22.1.